The van der Waals surface area contributed by atoms with Gasteiger partial charge in [-0.15, -0.1) is 0 Å². The predicted molar refractivity (Wildman–Crippen MR) is 45.8 cm³/mol. The zero-order valence-electron chi connectivity index (χ0n) is 7.60. The second-order valence-corrected chi connectivity index (χ2v) is 2.95. The highest BCUT2D eigenvalue weighted by molar-refractivity contribution is 5.47. The molecule has 8 heteroatoms. The van der Waals surface area contributed by atoms with Crippen LogP contribution in [0, 0.1) is 10.1 Å². The van der Waals surface area contributed by atoms with Crippen LogP contribution in [-0.2, 0) is 0 Å². The number of hydrogen-bond donors (Lipinski definition) is 2. The lowest BCUT2D eigenvalue weighted by molar-refractivity contribution is -0.385. The van der Waals surface area contributed by atoms with Crippen LogP contribution in [-0.4, -0.2) is 21.3 Å². The molecule has 88 valence electrons. The SMILES string of the molecule is O=[N+]([O-])c1ccc([C@@H](O)C(F)(F)F)cc1O. The fraction of sp³-hybridized carbons (Fsp3) is 0.250. The van der Waals surface area contributed by atoms with Crippen molar-refractivity contribution in [3.05, 3.63) is 33.9 Å². The second-order valence-electron chi connectivity index (χ2n) is 2.95. The Labute approximate surface area is 86.9 Å². The number of nitrogens with zero attached hydrogens (tertiary/aromatic N) is 1. The maximum atomic E-state index is 12.1. The number of benzene rings is 1. The Balaban J connectivity index is 3.11. The average Bonchev–Trinajstić information content (AvgIpc) is 2.14. The van der Waals surface area contributed by atoms with E-state index in [1.54, 1.807) is 0 Å². The normalized spacial score (nSPS) is 13.5. The molecule has 0 aliphatic rings. The van der Waals surface area contributed by atoms with Gasteiger partial charge in [0, 0.05) is 6.07 Å². The number of halogens is 3. The first-order valence-electron chi connectivity index (χ1n) is 3.95. The number of aliphatic hydroxyl groups is 1. The molecular formula is C8H6F3NO4. The first-order chi connectivity index (χ1) is 7.23. The summed E-state index contributed by atoms with van der Waals surface area (Å²) in [5.41, 5.74) is -1.38. The summed E-state index contributed by atoms with van der Waals surface area (Å²) in [7, 11) is 0. The van der Waals surface area contributed by atoms with E-state index in [0.717, 1.165) is 6.07 Å². The number of alkyl halides is 3. The highest BCUT2D eigenvalue weighted by Gasteiger charge is 2.39. The Bertz CT molecular complexity index is 418. The van der Waals surface area contributed by atoms with Crippen LogP contribution in [0.25, 0.3) is 0 Å². The van der Waals surface area contributed by atoms with Crippen LogP contribution in [0.15, 0.2) is 18.2 Å². The van der Waals surface area contributed by atoms with Crippen LogP contribution < -0.4 is 0 Å². The molecule has 16 heavy (non-hydrogen) atoms. The lowest BCUT2D eigenvalue weighted by Gasteiger charge is -2.14. The minimum absolute atomic E-state index is 0.510. The van der Waals surface area contributed by atoms with Gasteiger partial charge in [-0.1, -0.05) is 0 Å². The molecule has 0 unspecified atom stereocenters. The number of aromatic hydroxyl groups is 1. The van der Waals surface area contributed by atoms with Crippen molar-refractivity contribution >= 4 is 5.69 Å². The lowest BCUT2D eigenvalue weighted by atomic mass is 10.1. The van der Waals surface area contributed by atoms with Gasteiger partial charge in [-0.05, 0) is 17.7 Å². The van der Waals surface area contributed by atoms with E-state index in [9.17, 15) is 23.3 Å². The number of aliphatic hydroxyl groups excluding tert-OH is 1. The minimum atomic E-state index is -4.89. The van der Waals surface area contributed by atoms with Crippen LogP contribution in [0.2, 0.25) is 0 Å². The van der Waals surface area contributed by atoms with Gasteiger partial charge in [0.25, 0.3) is 0 Å². The third-order valence-electron chi connectivity index (χ3n) is 1.82. The summed E-state index contributed by atoms with van der Waals surface area (Å²) < 4.78 is 36.2. The summed E-state index contributed by atoms with van der Waals surface area (Å²) in [4.78, 5) is 9.32. The van der Waals surface area contributed by atoms with Gasteiger partial charge < -0.3 is 10.2 Å². The molecule has 1 aromatic rings. The van der Waals surface area contributed by atoms with E-state index in [2.05, 4.69) is 0 Å². The van der Waals surface area contributed by atoms with Gasteiger partial charge in [0.2, 0.25) is 0 Å². The number of hydrogen-bond acceptors (Lipinski definition) is 4. The predicted octanol–water partition coefficient (Wildman–Crippen LogP) is 1.90. The molecule has 0 bridgehead atoms. The van der Waals surface area contributed by atoms with Crippen LogP contribution in [0.5, 0.6) is 5.75 Å². The third kappa shape index (κ3) is 2.40. The molecule has 0 saturated heterocycles. The van der Waals surface area contributed by atoms with Crippen molar-refractivity contribution in [2.75, 3.05) is 0 Å². The molecule has 0 amide bonds. The molecule has 0 radical (unpaired) electrons. The van der Waals surface area contributed by atoms with Gasteiger partial charge in [-0.2, -0.15) is 13.2 Å². The maximum absolute atomic E-state index is 12.1. The Morgan fingerprint density at radius 2 is 1.94 bits per heavy atom. The van der Waals surface area contributed by atoms with Crippen LogP contribution in [0.1, 0.15) is 11.7 Å². The topological polar surface area (TPSA) is 83.6 Å². The zero-order chi connectivity index (χ0) is 12.5. The van der Waals surface area contributed by atoms with Crippen molar-refractivity contribution in [1.82, 2.24) is 0 Å². The van der Waals surface area contributed by atoms with E-state index in [1.807, 2.05) is 0 Å². The van der Waals surface area contributed by atoms with E-state index in [-0.39, 0.29) is 0 Å². The van der Waals surface area contributed by atoms with Crippen LogP contribution in [0.3, 0.4) is 0 Å². The van der Waals surface area contributed by atoms with Crippen LogP contribution >= 0.6 is 0 Å². The molecule has 0 heterocycles. The monoisotopic (exact) mass is 237 g/mol. The zero-order valence-corrected chi connectivity index (χ0v) is 7.60. The van der Waals surface area contributed by atoms with Gasteiger partial charge in [0.15, 0.2) is 11.9 Å². The van der Waals surface area contributed by atoms with E-state index < -0.39 is 34.2 Å². The molecule has 0 aliphatic heterocycles. The van der Waals surface area contributed by atoms with Crippen molar-refractivity contribution in [2.24, 2.45) is 0 Å². The van der Waals surface area contributed by atoms with Gasteiger partial charge in [-0.3, -0.25) is 10.1 Å². The molecule has 0 aromatic heterocycles. The lowest BCUT2D eigenvalue weighted by Crippen LogP contribution is -2.20. The molecule has 0 fully saturated rings. The highest BCUT2D eigenvalue weighted by Crippen LogP contribution is 2.36. The molecule has 0 spiro atoms. The number of phenolic OH excluding ortho intramolecular Hbond substituents is 1. The summed E-state index contributed by atoms with van der Waals surface area (Å²) in [5.74, 6) is -0.925. The summed E-state index contributed by atoms with van der Waals surface area (Å²) in [6, 6.07) is 1.94. The Morgan fingerprint density at radius 1 is 1.38 bits per heavy atom. The summed E-state index contributed by atoms with van der Waals surface area (Å²) in [6.07, 6.45) is -7.66. The standard InChI is InChI=1S/C8H6F3NO4/c9-8(10,11)7(14)4-1-2-5(12(15)16)6(13)3-4/h1-3,7,13-14H/t7-/m1/s1. The third-order valence-corrected chi connectivity index (χ3v) is 1.82. The second kappa shape index (κ2) is 3.97. The van der Waals surface area contributed by atoms with E-state index in [4.69, 9.17) is 10.2 Å². The molecule has 5 nitrogen and oxygen atoms in total. The Morgan fingerprint density at radius 3 is 2.31 bits per heavy atom. The number of nitro benzene ring substituents is 1. The van der Waals surface area contributed by atoms with Crippen LogP contribution in [0.4, 0.5) is 18.9 Å². The van der Waals surface area contributed by atoms with Crippen molar-refractivity contribution < 1.29 is 28.3 Å². The fourth-order valence-corrected chi connectivity index (χ4v) is 1.05. The van der Waals surface area contributed by atoms with Crippen molar-refractivity contribution in [3.63, 3.8) is 0 Å². The molecule has 2 N–H and O–H groups in total. The van der Waals surface area contributed by atoms with Crippen molar-refractivity contribution in [3.8, 4) is 5.75 Å². The highest BCUT2D eigenvalue weighted by atomic mass is 19.4. The van der Waals surface area contributed by atoms with E-state index in [1.165, 1.54) is 0 Å². The number of nitro groups is 1. The summed E-state index contributed by atoms with van der Waals surface area (Å²) in [5, 5.41) is 28.1. The van der Waals surface area contributed by atoms with E-state index >= 15 is 0 Å². The molecule has 1 atom stereocenters. The van der Waals surface area contributed by atoms with Gasteiger partial charge in [0.1, 0.15) is 0 Å². The molecule has 1 rings (SSSR count). The van der Waals surface area contributed by atoms with Crippen molar-refractivity contribution in [2.45, 2.75) is 12.3 Å². The quantitative estimate of drug-likeness (QED) is 0.607. The Hall–Kier alpha value is -1.83. The number of phenols is 1. The Kier molecular flexibility index (Phi) is 3.04. The van der Waals surface area contributed by atoms with E-state index in [0.29, 0.717) is 12.1 Å². The first-order valence-corrected chi connectivity index (χ1v) is 3.95. The average molecular weight is 237 g/mol. The molecule has 0 saturated carbocycles. The molecular weight excluding hydrogens is 231 g/mol. The van der Waals surface area contributed by atoms with Crippen molar-refractivity contribution in [1.29, 1.82) is 0 Å². The maximum Gasteiger partial charge on any atom is 0.418 e. The fourth-order valence-electron chi connectivity index (χ4n) is 1.05. The summed E-state index contributed by atoms with van der Waals surface area (Å²) in [6.45, 7) is 0. The first kappa shape index (κ1) is 12.2. The minimum Gasteiger partial charge on any atom is -0.502 e. The summed E-state index contributed by atoms with van der Waals surface area (Å²) >= 11 is 0. The smallest absolute Gasteiger partial charge is 0.418 e. The largest absolute Gasteiger partial charge is 0.502 e. The van der Waals surface area contributed by atoms with Gasteiger partial charge in [0.05, 0.1) is 4.92 Å². The van der Waals surface area contributed by atoms with Gasteiger partial charge >= 0.3 is 11.9 Å². The molecule has 0 aliphatic carbocycles. The number of rotatable bonds is 2. The molecule has 1 aromatic carbocycles. The van der Waals surface area contributed by atoms with Gasteiger partial charge in [-0.25, -0.2) is 0 Å².